The second-order valence-corrected chi connectivity index (χ2v) is 17.7. The third kappa shape index (κ3) is 16.0. The van der Waals surface area contributed by atoms with Crippen molar-refractivity contribution in [2.45, 2.75) is 59.0 Å². The topological polar surface area (TPSA) is 151 Å². The van der Waals surface area contributed by atoms with E-state index in [4.69, 9.17) is 5.11 Å². The fourth-order valence-electron chi connectivity index (χ4n) is 7.92. The van der Waals surface area contributed by atoms with E-state index in [0.29, 0.717) is 32.6 Å². The summed E-state index contributed by atoms with van der Waals surface area (Å²) in [6, 6.07) is 33.7. The van der Waals surface area contributed by atoms with Gasteiger partial charge in [-0.05, 0) is 179 Å². The third-order valence-corrected chi connectivity index (χ3v) is 12.4. The zero-order chi connectivity index (χ0) is 51.4. The molecule has 9 aromatic rings. The molecule has 0 bridgehead atoms. The Bertz CT molecular complexity index is 3170. The molecule has 384 valence electrons. The Balaban J connectivity index is 0.000000251. The average Bonchev–Trinajstić information content (AvgIpc) is 4.14. The normalized spacial score (nSPS) is 13.4. The SMILES string of the molecule is C.CC(=O)c1ccc2[nH]ccc2c1.CC(=O)c1ccc2c(ccn2-c2ccc(F)c(F)c2)c1.CNC1CCCC[C@H]1NC.Fc1ccc(I)cc1F.O=C(O)c1ccc2c(ccn2-c2ccc(F)c(F)c2)c1.[Li+].[OH-]. The molecule has 0 radical (unpaired) electrons. The fourth-order valence-corrected chi connectivity index (χ4v) is 8.38. The van der Waals surface area contributed by atoms with Crippen LogP contribution >= 0.6 is 22.6 Å². The van der Waals surface area contributed by atoms with Crippen molar-refractivity contribution in [3.8, 4) is 11.4 Å². The first-order chi connectivity index (χ1) is 34.0. The van der Waals surface area contributed by atoms with Crippen LogP contribution in [0.4, 0.5) is 26.3 Å². The number of aromatic nitrogens is 3. The summed E-state index contributed by atoms with van der Waals surface area (Å²) in [5.74, 6) is -6.07. The number of Topliss-reactive ketones (excluding diaryl/α,β-unsaturated/α-hetero) is 2. The molecule has 3 heterocycles. The summed E-state index contributed by atoms with van der Waals surface area (Å²) < 4.78 is 80.9. The summed E-state index contributed by atoms with van der Waals surface area (Å²) in [6.45, 7) is 3.08. The predicted octanol–water partition coefficient (Wildman–Crippen LogP) is 10.9. The van der Waals surface area contributed by atoms with Crippen LogP contribution in [0, 0.1) is 38.5 Å². The second kappa shape index (κ2) is 28.8. The average molecular weight is 1130 g/mol. The van der Waals surface area contributed by atoms with Crippen LogP contribution in [-0.4, -0.2) is 68.4 Å². The van der Waals surface area contributed by atoms with Crippen molar-refractivity contribution in [3.63, 3.8) is 0 Å². The molecule has 0 saturated heterocycles. The molecule has 0 amide bonds. The van der Waals surface area contributed by atoms with Crippen molar-refractivity contribution in [3.05, 3.63) is 201 Å². The van der Waals surface area contributed by atoms with Gasteiger partial charge in [-0.2, -0.15) is 0 Å². The number of halogens is 7. The number of hydrogen-bond donors (Lipinski definition) is 4. The van der Waals surface area contributed by atoms with Crippen molar-refractivity contribution in [1.82, 2.24) is 24.8 Å². The second-order valence-electron chi connectivity index (χ2n) is 16.4. The maximum Gasteiger partial charge on any atom is 1.00 e. The summed E-state index contributed by atoms with van der Waals surface area (Å²) in [5.41, 5.74) is 5.21. The maximum atomic E-state index is 13.3. The van der Waals surface area contributed by atoms with E-state index in [1.807, 2.05) is 59.1 Å². The van der Waals surface area contributed by atoms with Crippen LogP contribution in [0.15, 0.2) is 146 Å². The van der Waals surface area contributed by atoms with Crippen LogP contribution in [0.1, 0.15) is 78.0 Å². The minimum absolute atomic E-state index is 0. The molecule has 1 aliphatic carbocycles. The zero-order valence-corrected chi connectivity index (χ0v) is 42.7. The number of carboxylic acids is 1. The van der Waals surface area contributed by atoms with E-state index < -0.39 is 40.9 Å². The Hall–Kier alpha value is -6.46. The molecule has 0 aliphatic heterocycles. The van der Waals surface area contributed by atoms with Crippen molar-refractivity contribution >= 4 is 72.8 Å². The van der Waals surface area contributed by atoms with Gasteiger partial charge in [0.05, 0.1) is 16.6 Å². The van der Waals surface area contributed by atoms with Gasteiger partial charge in [-0.3, -0.25) is 9.59 Å². The first kappa shape index (κ1) is 61.8. The maximum absolute atomic E-state index is 13.3. The van der Waals surface area contributed by atoms with Gasteiger partial charge >= 0.3 is 24.8 Å². The number of nitrogens with zero attached hydrogens (tertiary/aromatic N) is 2. The van der Waals surface area contributed by atoms with Crippen molar-refractivity contribution < 1.29 is 70.2 Å². The molecule has 18 heteroatoms. The van der Waals surface area contributed by atoms with Gasteiger partial charge in [0.1, 0.15) is 0 Å². The van der Waals surface area contributed by atoms with Gasteiger partial charge in [-0.1, -0.05) is 20.3 Å². The summed E-state index contributed by atoms with van der Waals surface area (Å²) in [4.78, 5) is 36.3. The van der Waals surface area contributed by atoms with Crippen LogP contribution in [0.3, 0.4) is 0 Å². The van der Waals surface area contributed by atoms with Crippen LogP contribution in [0.25, 0.3) is 44.1 Å². The van der Waals surface area contributed by atoms with Gasteiger partial charge in [0.15, 0.2) is 46.5 Å². The Morgan fingerprint density at radius 2 is 0.973 bits per heavy atom. The number of hydrogen-bond acceptors (Lipinski definition) is 6. The molecular formula is C56H55F6ILiN5O5. The van der Waals surface area contributed by atoms with Crippen LogP contribution < -0.4 is 29.5 Å². The number of nitrogens with one attached hydrogen (secondary N) is 3. The number of carbonyl (C=O) groups is 3. The molecule has 10 rings (SSSR count). The number of benzene rings is 6. The first-order valence-electron chi connectivity index (χ1n) is 22.4. The van der Waals surface area contributed by atoms with Gasteiger partial charge in [0.25, 0.3) is 0 Å². The Morgan fingerprint density at radius 3 is 1.39 bits per heavy atom. The molecule has 0 spiro atoms. The van der Waals surface area contributed by atoms with Crippen LogP contribution in [0.2, 0.25) is 0 Å². The summed E-state index contributed by atoms with van der Waals surface area (Å²) in [7, 11) is 4.11. The van der Waals surface area contributed by atoms with Gasteiger partial charge < -0.3 is 35.3 Å². The van der Waals surface area contributed by atoms with Gasteiger partial charge in [0.2, 0.25) is 0 Å². The van der Waals surface area contributed by atoms with E-state index in [0.717, 1.165) is 74.7 Å². The van der Waals surface area contributed by atoms with E-state index >= 15 is 0 Å². The predicted molar refractivity (Wildman–Crippen MR) is 284 cm³/mol. The fraction of sp³-hybridized carbons (Fsp3) is 0.196. The number of ketones is 2. The van der Waals surface area contributed by atoms with E-state index in [2.05, 4.69) is 29.7 Å². The largest absolute Gasteiger partial charge is 1.00 e. The molecule has 10 nitrogen and oxygen atoms in total. The van der Waals surface area contributed by atoms with Crippen LogP contribution in [-0.2, 0) is 0 Å². The minimum Gasteiger partial charge on any atom is -0.870 e. The molecule has 1 saturated carbocycles. The van der Waals surface area contributed by atoms with E-state index in [9.17, 15) is 40.7 Å². The number of aromatic amines is 1. The van der Waals surface area contributed by atoms with Crippen LogP contribution in [0.5, 0.6) is 0 Å². The van der Waals surface area contributed by atoms with Gasteiger partial charge in [0, 0.05) is 90.6 Å². The number of carboxylic acid groups (broad SMARTS) is 1. The molecule has 6 aromatic carbocycles. The number of carbonyl (C=O) groups excluding carboxylic acids is 2. The molecule has 1 unspecified atom stereocenters. The quantitative estimate of drug-likeness (QED) is 0.0408. The van der Waals surface area contributed by atoms with Gasteiger partial charge in [-0.25, -0.2) is 31.1 Å². The molecule has 3 aromatic heterocycles. The molecule has 74 heavy (non-hydrogen) atoms. The standard InChI is InChI=1S/C16H11F2NO.C15H9F2NO2.C10H9NO.C8H18N2.C6H3F2I.CH4.Li.H2O/c1-10(20)11-2-5-16-12(8-11)6-7-19(16)13-3-4-14(17)15(18)9-13;16-12-3-2-11(8-13(12)17)18-6-5-9-7-10(15(19)20)1-4-14(9)18;1-7(12)8-2-3-10-9(6-8)4-5-11-10;1-9-7-5-3-4-6-8(7)10-2;7-5-2-1-4(9)3-6(5)8;;;/h2-9H,1H3;1-8H,(H,19,20);2-6,11H,1H3;7-10H,3-6H2,1-2H3;1-3H;1H4;;1H2/q;;;;;;+1;/p-1/t;;;7-,8?;;;;/m...1..../s1. The summed E-state index contributed by atoms with van der Waals surface area (Å²) in [5, 5.41) is 18.3. The molecular weight excluding hydrogens is 1070 g/mol. The molecule has 1 aliphatic rings. The monoisotopic (exact) mass is 1130 g/mol. The zero-order valence-electron chi connectivity index (χ0n) is 40.5. The van der Waals surface area contributed by atoms with E-state index in [-0.39, 0.29) is 48.9 Å². The Labute approximate surface area is 450 Å². The van der Waals surface area contributed by atoms with Gasteiger partial charge in [-0.15, -0.1) is 0 Å². The third-order valence-electron chi connectivity index (χ3n) is 11.7. The van der Waals surface area contributed by atoms with E-state index in [1.54, 1.807) is 58.8 Å². The molecule has 5 N–H and O–H groups in total. The first-order valence-corrected chi connectivity index (χ1v) is 23.5. The summed E-state index contributed by atoms with van der Waals surface area (Å²) >= 11 is 1.92. The van der Waals surface area contributed by atoms with E-state index in [1.165, 1.54) is 62.9 Å². The smallest absolute Gasteiger partial charge is 0.870 e. The Morgan fingerprint density at radius 1 is 0.554 bits per heavy atom. The summed E-state index contributed by atoms with van der Waals surface area (Å²) in [6.07, 6.45) is 10.8. The number of fused-ring (bicyclic) bond motifs is 3. The Kier molecular flexibility index (Phi) is 24.1. The van der Waals surface area contributed by atoms with Crippen molar-refractivity contribution in [1.29, 1.82) is 0 Å². The number of rotatable bonds is 7. The van der Waals surface area contributed by atoms with Crippen molar-refractivity contribution in [2.24, 2.45) is 0 Å². The number of H-pyrrole nitrogens is 1. The molecule has 2 atom stereocenters. The number of aromatic carboxylic acids is 1. The van der Waals surface area contributed by atoms with Crippen molar-refractivity contribution in [2.75, 3.05) is 14.1 Å². The molecule has 1 fully saturated rings. The number of likely N-dealkylation sites (N-methyl/N-ethyl adjacent to an activating group) is 2. The minimum atomic E-state index is -1.01.